The van der Waals surface area contributed by atoms with Crippen LogP contribution in [0.5, 0.6) is 0 Å². The fraction of sp³-hybridized carbons (Fsp3) is 0.643. The normalized spacial score (nSPS) is 36.6. The monoisotopic (exact) mass is 327 g/mol. The Hall–Kier alpha value is -0.850. The fourth-order valence-corrected chi connectivity index (χ4v) is 6.08. The molecule has 0 aliphatic heterocycles. The molecule has 114 valence electrons. The molecule has 3 aliphatic rings. The van der Waals surface area contributed by atoms with Crippen LogP contribution in [0, 0.1) is 23.7 Å². The van der Waals surface area contributed by atoms with Crippen molar-refractivity contribution in [1.29, 1.82) is 0 Å². The predicted octanol–water partition coefficient (Wildman–Crippen LogP) is 2.10. The molecule has 7 heteroatoms. The molecule has 0 aromatic carbocycles. The Morgan fingerprint density at radius 1 is 1.29 bits per heavy atom. The topological polar surface area (TPSA) is 71.1 Å². The van der Waals surface area contributed by atoms with E-state index in [0.717, 1.165) is 11.8 Å². The van der Waals surface area contributed by atoms with Gasteiger partial charge in [-0.1, -0.05) is 11.6 Å². The molecule has 0 saturated heterocycles. The smallest absolute Gasteiger partial charge is 0.242 e. The molecule has 3 fully saturated rings. The van der Waals surface area contributed by atoms with Gasteiger partial charge in [-0.25, -0.2) is 18.1 Å². The van der Waals surface area contributed by atoms with Crippen LogP contribution in [0.1, 0.15) is 19.3 Å². The number of fused-ring (bicyclic) bond motifs is 5. The highest BCUT2D eigenvalue weighted by Crippen LogP contribution is 2.65. The van der Waals surface area contributed by atoms with Gasteiger partial charge in [0.1, 0.15) is 10.7 Å². The lowest BCUT2D eigenvalue weighted by Gasteiger charge is -2.12. The Kier molecular flexibility index (Phi) is 3.00. The van der Waals surface area contributed by atoms with Gasteiger partial charge in [-0.2, -0.15) is 0 Å². The zero-order valence-electron chi connectivity index (χ0n) is 11.7. The standard InChI is InChI=1S/C14H18ClN3O2S/c1-16-14-10(15)5-9(6-17-14)21(19,20)18-13-11-7-2-3-8(4-7)12(11)13/h5-8,11-13,18H,2-4H2,1H3,(H,16,17). The van der Waals surface area contributed by atoms with Gasteiger partial charge in [0.25, 0.3) is 0 Å². The highest BCUT2D eigenvalue weighted by molar-refractivity contribution is 7.89. The maximum absolute atomic E-state index is 12.5. The van der Waals surface area contributed by atoms with Crippen LogP contribution in [0.2, 0.25) is 5.02 Å². The van der Waals surface area contributed by atoms with E-state index in [1.165, 1.54) is 31.5 Å². The first-order chi connectivity index (χ1) is 10.0. The van der Waals surface area contributed by atoms with Crippen LogP contribution in [0.4, 0.5) is 5.82 Å². The Morgan fingerprint density at radius 3 is 2.52 bits per heavy atom. The predicted molar refractivity (Wildman–Crippen MR) is 80.7 cm³/mol. The molecule has 4 unspecified atom stereocenters. The van der Waals surface area contributed by atoms with E-state index < -0.39 is 10.0 Å². The van der Waals surface area contributed by atoms with Crippen molar-refractivity contribution in [3.63, 3.8) is 0 Å². The first kappa shape index (κ1) is 13.8. The third-order valence-corrected chi connectivity index (χ3v) is 7.10. The number of rotatable bonds is 4. The van der Waals surface area contributed by atoms with Crippen molar-refractivity contribution in [1.82, 2.24) is 9.71 Å². The quantitative estimate of drug-likeness (QED) is 0.888. The van der Waals surface area contributed by atoms with E-state index in [0.29, 0.717) is 22.7 Å². The number of halogens is 1. The van der Waals surface area contributed by atoms with Crippen molar-refractivity contribution in [2.45, 2.75) is 30.2 Å². The van der Waals surface area contributed by atoms with Crippen LogP contribution in [0.25, 0.3) is 0 Å². The summed E-state index contributed by atoms with van der Waals surface area (Å²) in [5, 5.41) is 3.14. The summed E-state index contributed by atoms with van der Waals surface area (Å²) >= 11 is 6.02. The molecule has 4 atom stereocenters. The summed E-state index contributed by atoms with van der Waals surface area (Å²) in [5.74, 6) is 3.09. The van der Waals surface area contributed by atoms with Gasteiger partial charge in [0.2, 0.25) is 10.0 Å². The van der Waals surface area contributed by atoms with Crippen LogP contribution in [-0.4, -0.2) is 26.5 Å². The highest BCUT2D eigenvalue weighted by Gasteiger charge is 2.65. The van der Waals surface area contributed by atoms with E-state index in [2.05, 4.69) is 15.0 Å². The molecule has 1 aromatic heterocycles. The number of hydrogen-bond donors (Lipinski definition) is 2. The molecular weight excluding hydrogens is 310 g/mol. The zero-order valence-corrected chi connectivity index (χ0v) is 13.3. The highest BCUT2D eigenvalue weighted by atomic mass is 35.5. The summed E-state index contributed by atoms with van der Waals surface area (Å²) in [6.07, 6.45) is 5.20. The number of hydrogen-bond acceptors (Lipinski definition) is 4. The van der Waals surface area contributed by atoms with Crippen molar-refractivity contribution in [3.8, 4) is 0 Å². The van der Waals surface area contributed by atoms with Crippen molar-refractivity contribution in [3.05, 3.63) is 17.3 Å². The summed E-state index contributed by atoms with van der Waals surface area (Å²) in [7, 11) is -1.83. The SMILES string of the molecule is CNc1ncc(S(=O)(=O)NC2C3C4CCC(C4)C23)cc1Cl. The summed E-state index contributed by atoms with van der Waals surface area (Å²) in [6.45, 7) is 0. The zero-order chi connectivity index (χ0) is 14.8. The average Bonchev–Trinajstić information content (AvgIpc) is 2.85. The minimum absolute atomic E-state index is 0.129. The van der Waals surface area contributed by atoms with Crippen LogP contribution in [-0.2, 0) is 10.0 Å². The van der Waals surface area contributed by atoms with Gasteiger partial charge < -0.3 is 5.32 Å². The maximum atomic E-state index is 12.5. The molecule has 21 heavy (non-hydrogen) atoms. The molecule has 1 heterocycles. The number of anilines is 1. The van der Waals surface area contributed by atoms with Gasteiger partial charge >= 0.3 is 0 Å². The molecule has 3 saturated carbocycles. The van der Waals surface area contributed by atoms with E-state index in [1.807, 2.05) is 0 Å². The van der Waals surface area contributed by atoms with Crippen molar-refractivity contribution >= 4 is 27.4 Å². The van der Waals surface area contributed by atoms with Gasteiger partial charge in [-0.05, 0) is 49.0 Å². The minimum Gasteiger partial charge on any atom is -0.372 e. The molecular formula is C14H18ClN3O2S. The van der Waals surface area contributed by atoms with Crippen molar-refractivity contribution in [2.24, 2.45) is 23.7 Å². The van der Waals surface area contributed by atoms with E-state index in [4.69, 9.17) is 11.6 Å². The van der Waals surface area contributed by atoms with E-state index in [-0.39, 0.29) is 10.9 Å². The lowest BCUT2D eigenvalue weighted by atomic mass is 10.0. The maximum Gasteiger partial charge on any atom is 0.242 e. The van der Waals surface area contributed by atoms with Crippen molar-refractivity contribution in [2.75, 3.05) is 12.4 Å². The molecule has 0 amide bonds. The van der Waals surface area contributed by atoms with Crippen LogP contribution >= 0.6 is 11.6 Å². The molecule has 4 rings (SSSR count). The summed E-state index contributed by atoms with van der Waals surface area (Å²) in [5.41, 5.74) is 0. The Labute approximate surface area is 129 Å². The fourth-order valence-electron chi connectivity index (χ4n) is 4.48. The molecule has 1 aromatic rings. The Balaban J connectivity index is 1.54. The third-order valence-electron chi connectivity index (χ3n) is 5.39. The van der Waals surface area contributed by atoms with Crippen LogP contribution < -0.4 is 10.0 Å². The lowest BCUT2D eigenvalue weighted by Crippen LogP contribution is -2.30. The van der Waals surface area contributed by atoms with Crippen LogP contribution in [0.3, 0.4) is 0 Å². The molecule has 2 N–H and O–H groups in total. The molecule has 2 bridgehead atoms. The molecule has 3 aliphatic carbocycles. The second kappa shape index (κ2) is 4.57. The van der Waals surface area contributed by atoms with Gasteiger partial charge in [0.15, 0.2) is 0 Å². The van der Waals surface area contributed by atoms with Gasteiger partial charge in [0.05, 0.1) is 5.02 Å². The number of nitrogens with zero attached hydrogens (tertiary/aromatic N) is 1. The second-order valence-electron chi connectivity index (χ2n) is 6.39. The minimum atomic E-state index is -3.53. The Bertz CT molecular complexity index is 677. The molecule has 0 radical (unpaired) electrons. The van der Waals surface area contributed by atoms with Crippen molar-refractivity contribution < 1.29 is 8.42 Å². The Morgan fingerprint density at radius 2 is 1.95 bits per heavy atom. The first-order valence-electron chi connectivity index (χ1n) is 7.37. The van der Waals surface area contributed by atoms with Crippen LogP contribution in [0.15, 0.2) is 17.2 Å². The number of pyridine rings is 1. The van der Waals surface area contributed by atoms with Gasteiger partial charge in [0, 0.05) is 19.3 Å². The average molecular weight is 328 g/mol. The van der Waals surface area contributed by atoms with E-state index in [9.17, 15) is 8.42 Å². The number of aromatic nitrogens is 1. The lowest BCUT2D eigenvalue weighted by molar-refractivity contribution is 0.456. The summed E-state index contributed by atoms with van der Waals surface area (Å²) in [6, 6.07) is 1.58. The second-order valence-corrected chi connectivity index (χ2v) is 8.51. The first-order valence-corrected chi connectivity index (χ1v) is 9.23. The number of nitrogens with one attached hydrogen (secondary N) is 2. The summed E-state index contributed by atoms with van der Waals surface area (Å²) < 4.78 is 27.8. The summed E-state index contributed by atoms with van der Waals surface area (Å²) in [4.78, 5) is 4.19. The van der Waals surface area contributed by atoms with Gasteiger partial charge in [-0.15, -0.1) is 0 Å². The molecule has 0 spiro atoms. The van der Waals surface area contributed by atoms with E-state index >= 15 is 0 Å². The van der Waals surface area contributed by atoms with E-state index in [1.54, 1.807) is 7.05 Å². The number of sulfonamides is 1. The molecule has 5 nitrogen and oxygen atoms in total. The third kappa shape index (κ3) is 2.07. The van der Waals surface area contributed by atoms with Gasteiger partial charge in [-0.3, -0.25) is 0 Å². The largest absolute Gasteiger partial charge is 0.372 e.